The van der Waals surface area contributed by atoms with Gasteiger partial charge in [-0.3, -0.25) is 4.79 Å². The lowest BCUT2D eigenvalue weighted by atomic mass is 10.2. The van der Waals surface area contributed by atoms with Crippen LogP contribution in [0.25, 0.3) is 0 Å². The van der Waals surface area contributed by atoms with Crippen molar-refractivity contribution < 1.29 is 17.9 Å². The van der Waals surface area contributed by atoms with Gasteiger partial charge in [-0.05, 0) is 42.0 Å². The van der Waals surface area contributed by atoms with Crippen molar-refractivity contribution in [1.29, 1.82) is 0 Å². The second-order valence-electron chi connectivity index (χ2n) is 6.15. The van der Waals surface area contributed by atoms with Crippen LogP contribution in [0.1, 0.15) is 15.9 Å². The number of hydrogen-bond donors (Lipinski definition) is 1. The summed E-state index contributed by atoms with van der Waals surface area (Å²) in [5.74, 6) is 0.233. The molecule has 29 heavy (non-hydrogen) atoms. The van der Waals surface area contributed by atoms with Crippen LogP contribution in [0.5, 0.6) is 11.6 Å². The number of aromatic nitrogens is 1. The number of ether oxygens (including phenoxy) is 1. The molecule has 0 spiro atoms. The molecule has 1 heterocycles. The van der Waals surface area contributed by atoms with E-state index in [1.54, 1.807) is 36.4 Å². The molecule has 150 valence electrons. The van der Waals surface area contributed by atoms with Gasteiger partial charge < -0.3 is 10.1 Å². The van der Waals surface area contributed by atoms with E-state index in [1.807, 2.05) is 0 Å². The molecule has 0 bridgehead atoms. The van der Waals surface area contributed by atoms with Gasteiger partial charge in [-0.25, -0.2) is 13.4 Å². The van der Waals surface area contributed by atoms with E-state index in [9.17, 15) is 13.2 Å². The van der Waals surface area contributed by atoms with Gasteiger partial charge in [0.2, 0.25) is 5.88 Å². The summed E-state index contributed by atoms with van der Waals surface area (Å²) in [6, 6.07) is 14.2. The first kappa shape index (κ1) is 21.1. The van der Waals surface area contributed by atoms with Crippen molar-refractivity contribution in [2.75, 3.05) is 6.26 Å². The number of rotatable bonds is 6. The maximum absolute atomic E-state index is 12.3. The first-order valence-corrected chi connectivity index (χ1v) is 11.0. The lowest BCUT2D eigenvalue weighted by molar-refractivity contribution is 0.0950. The predicted molar refractivity (Wildman–Crippen MR) is 111 cm³/mol. The average molecular weight is 451 g/mol. The molecule has 3 aromatic rings. The molecule has 0 fully saturated rings. The number of amides is 1. The molecular formula is C20H16Cl2N2O4S. The van der Waals surface area contributed by atoms with E-state index in [1.165, 1.54) is 24.4 Å². The normalized spacial score (nSPS) is 11.1. The summed E-state index contributed by atoms with van der Waals surface area (Å²) in [6.07, 6.45) is 2.49. The van der Waals surface area contributed by atoms with Crippen LogP contribution in [0.3, 0.4) is 0 Å². The Bertz CT molecular complexity index is 1150. The fourth-order valence-electron chi connectivity index (χ4n) is 2.41. The highest BCUT2D eigenvalue weighted by molar-refractivity contribution is 7.90. The van der Waals surface area contributed by atoms with Crippen molar-refractivity contribution in [1.82, 2.24) is 10.3 Å². The van der Waals surface area contributed by atoms with Gasteiger partial charge in [0.15, 0.2) is 9.84 Å². The minimum absolute atomic E-state index is 0.145. The average Bonchev–Trinajstić information content (AvgIpc) is 2.67. The Morgan fingerprint density at radius 2 is 1.90 bits per heavy atom. The zero-order valence-electron chi connectivity index (χ0n) is 15.2. The number of halogens is 2. The monoisotopic (exact) mass is 450 g/mol. The van der Waals surface area contributed by atoms with Gasteiger partial charge in [0, 0.05) is 35.1 Å². The lowest BCUT2D eigenvalue weighted by Crippen LogP contribution is -2.23. The molecule has 1 N–H and O–H groups in total. The van der Waals surface area contributed by atoms with Gasteiger partial charge in [-0.15, -0.1) is 0 Å². The molecular weight excluding hydrogens is 435 g/mol. The van der Waals surface area contributed by atoms with Crippen LogP contribution in [-0.4, -0.2) is 25.6 Å². The molecule has 0 saturated carbocycles. The van der Waals surface area contributed by atoms with E-state index in [4.69, 9.17) is 27.9 Å². The Labute approximate surface area is 178 Å². The van der Waals surface area contributed by atoms with E-state index in [0.29, 0.717) is 21.4 Å². The van der Waals surface area contributed by atoms with Crippen LogP contribution in [0, 0.1) is 0 Å². The summed E-state index contributed by atoms with van der Waals surface area (Å²) < 4.78 is 28.8. The third kappa shape index (κ3) is 5.69. The molecule has 0 radical (unpaired) electrons. The summed E-state index contributed by atoms with van der Waals surface area (Å²) in [7, 11) is -3.34. The standard InChI is InChI=1S/C20H16Cl2N2O4S/c1-29(26,27)17-4-2-3-16(10-17)28-19-8-6-14(12-23-19)20(25)24-11-13-5-7-15(21)9-18(13)22/h2-10,12H,11H2,1H3,(H,24,25). The van der Waals surface area contributed by atoms with Crippen LogP contribution < -0.4 is 10.1 Å². The van der Waals surface area contributed by atoms with E-state index in [2.05, 4.69) is 10.3 Å². The first-order chi connectivity index (χ1) is 13.7. The van der Waals surface area contributed by atoms with Crippen LogP contribution in [-0.2, 0) is 16.4 Å². The molecule has 0 atom stereocenters. The summed E-state index contributed by atoms with van der Waals surface area (Å²) in [5, 5.41) is 3.74. The quantitative estimate of drug-likeness (QED) is 0.596. The Kier molecular flexibility index (Phi) is 6.42. The highest BCUT2D eigenvalue weighted by atomic mass is 35.5. The first-order valence-electron chi connectivity index (χ1n) is 8.38. The SMILES string of the molecule is CS(=O)(=O)c1cccc(Oc2ccc(C(=O)NCc3ccc(Cl)cc3Cl)cn2)c1. The summed E-state index contributed by atoms with van der Waals surface area (Å²) in [4.78, 5) is 16.5. The summed E-state index contributed by atoms with van der Waals surface area (Å²) >= 11 is 12.0. The molecule has 0 saturated heterocycles. The van der Waals surface area contributed by atoms with Crippen molar-refractivity contribution >= 4 is 38.9 Å². The third-order valence-electron chi connectivity index (χ3n) is 3.91. The Morgan fingerprint density at radius 3 is 2.55 bits per heavy atom. The zero-order valence-corrected chi connectivity index (χ0v) is 17.6. The van der Waals surface area contributed by atoms with Gasteiger partial charge in [0.05, 0.1) is 10.5 Å². The second-order valence-corrected chi connectivity index (χ2v) is 9.01. The maximum atomic E-state index is 12.3. The number of carbonyl (C=O) groups is 1. The number of nitrogens with zero attached hydrogens (tertiary/aromatic N) is 1. The van der Waals surface area contributed by atoms with Gasteiger partial charge in [0.1, 0.15) is 5.75 Å². The summed E-state index contributed by atoms with van der Waals surface area (Å²) in [6.45, 7) is 0.241. The molecule has 0 aliphatic rings. The maximum Gasteiger partial charge on any atom is 0.253 e. The van der Waals surface area contributed by atoms with Crippen LogP contribution >= 0.6 is 23.2 Å². The number of nitrogens with one attached hydrogen (secondary N) is 1. The molecule has 1 aromatic heterocycles. The fraction of sp³-hybridized carbons (Fsp3) is 0.100. The van der Waals surface area contributed by atoms with Crippen LogP contribution in [0.4, 0.5) is 0 Å². The minimum Gasteiger partial charge on any atom is -0.439 e. The highest BCUT2D eigenvalue weighted by Gasteiger charge is 2.11. The molecule has 0 aliphatic heterocycles. The third-order valence-corrected chi connectivity index (χ3v) is 5.61. The molecule has 3 rings (SSSR count). The van der Waals surface area contributed by atoms with Crippen molar-refractivity contribution in [2.24, 2.45) is 0 Å². The minimum atomic E-state index is -3.34. The summed E-state index contributed by atoms with van der Waals surface area (Å²) in [5.41, 5.74) is 1.08. The molecule has 6 nitrogen and oxygen atoms in total. The van der Waals surface area contributed by atoms with E-state index >= 15 is 0 Å². The van der Waals surface area contributed by atoms with Crippen molar-refractivity contribution in [3.05, 3.63) is 82.0 Å². The number of sulfone groups is 1. The zero-order chi connectivity index (χ0) is 21.0. The molecule has 9 heteroatoms. The predicted octanol–water partition coefficient (Wildman–Crippen LogP) is 4.51. The second kappa shape index (κ2) is 8.82. The Balaban J connectivity index is 1.64. The Morgan fingerprint density at radius 1 is 1.10 bits per heavy atom. The smallest absolute Gasteiger partial charge is 0.253 e. The number of hydrogen-bond acceptors (Lipinski definition) is 5. The molecule has 2 aromatic carbocycles. The number of carbonyl (C=O) groups excluding carboxylic acids is 1. The van der Waals surface area contributed by atoms with Crippen LogP contribution in [0.2, 0.25) is 10.0 Å². The van der Waals surface area contributed by atoms with Crippen molar-refractivity contribution in [2.45, 2.75) is 11.4 Å². The molecule has 1 amide bonds. The van der Waals surface area contributed by atoms with Crippen molar-refractivity contribution in [3.63, 3.8) is 0 Å². The number of pyridine rings is 1. The largest absolute Gasteiger partial charge is 0.439 e. The van der Waals surface area contributed by atoms with Gasteiger partial charge in [-0.2, -0.15) is 0 Å². The van der Waals surface area contributed by atoms with Gasteiger partial charge in [-0.1, -0.05) is 35.3 Å². The van der Waals surface area contributed by atoms with E-state index in [-0.39, 0.29) is 23.2 Å². The van der Waals surface area contributed by atoms with E-state index < -0.39 is 9.84 Å². The Hall–Kier alpha value is -2.61. The van der Waals surface area contributed by atoms with Gasteiger partial charge in [0.25, 0.3) is 5.91 Å². The molecule has 0 aliphatic carbocycles. The molecule has 0 unspecified atom stereocenters. The lowest BCUT2D eigenvalue weighted by Gasteiger charge is -2.09. The fourth-order valence-corrected chi connectivity index (χ4v) is 3.54. The van der Waals surface area contributed by atoms with E-state index in [0.717, 1.165) is 11.8 Å². The van der Waals surface area contributed by atoms with Crippen LogP contribution in [0.15, 0.2) is 65.7 Å². The topological polar surface area (TPSA) is 85.4 Å². The number of benzene rings is 2. The van der Waals surface area contributed by atoms with Crippen molar-refractivity contribution in [3.8, 4) is 11.6 Å². The highest BCUT2D eigenvalue weighted by Crippen LogP contribution is 2.23. The van der Waals surface area contributed by atoms with Gasteiger partial charge >= 0.3 is 0 Å².